The fraction of sp³-hybridized carbons (Fsp3) is 0.0789. The summed E-state index contributed by atoms with van der Waals surface area (Å²) in [6.07, 6.45) is 0. The van der Waals surface area contributed by atoms with Gasteiger partial charge < -0.3 is 9.13 Å². The second-order valence-corrected chi connectivity index (χ2v) is 22.9. The molecule has 386 valence electrons. The molecule has 16 rings (SSSR count). The summed E-state index contributed by atoms with van der Waals surface area (Å²) in [5, 5.41) is 4.91. The molecule has 6 nitrogen and oxygen atoms in total. The van der Waals surface area contributed by atoms with Gasteiger partial charge in [-0.1, -0.05) is 216 Å². The van der Waals surface area contributed by atoms with Gasteiger partial charge in [-0.25, -0.2) is 19.8 Å². The van der Waals surface area contributed by atoms with Gasteiger partial charge in [0.05, 0.1) is 34.3 Å². The van der Waals surface area contributed by atoms with Crippen LogP contribution in [0.15, 0.2) is 243 Å². The third-order valence-electron chi connectivity index (χ3n) is 17.8. The Bertz CT molecular complexity index is 4990. The zero-order valence-corrected chi connectivity index (χ0v) is 45.8. The van der Waals surface area contributed by atoms with E-state index in [1.165, 1.54) is 66.1 Å². The van der Waals surface area contributed by atoms with Crippen LogP contribution in [0.2, 0.25) is 0 Å². The lowest BCUT2D eigenvalue weighted by Gasteiger charge is -2.23. The van der Waals surface area contributed by atoms with Gasteiger partial charge in [0.15, 0.2) is 23.2 Å². The molecule has 82 heavy (non-hydrogen) atoms. The zero-order valence-electron chi connectivity index (χ0n) is 45.8. The minimum Gasteiger partial charge on any atom is -0.309 e. The van der Waals surface area contributed by atoms with E-state index in [0.29, 0.717) is 23.2 Å². The Balaban J connectivity index is 1.04. The SMILES string of the molecule is [C-]#[N+]c1ccccc1-c1ccc(-n2c3ccccc3c3c4c(ccc32)-c2ccccc2C4(C)C)c(-c2cc(-n3c4ccccc4c4c5c(ccc43)-c3ccccc3C5(C)C)ccc2-c2nc(-c3ccccc3)nc(-c3ccccc3)n2)c1. The second kappa shape index (κ2) is 17.8. The van der Waals surface area contributed by atoms with E-state index in [4.69, 9.17) is 21.5 Å². The fourth-order valence-electron chi connectivity index (χ4n) is 14.1. The number of fused-ring (bicyclic) bond motifs is 14. The summed E-state index contributed by atoms with van der Waals surface area (Å²) < 4.78 is 4.93. The Labute approximate surface area is 475 Å². The van der Waals surface area contributed by atoms with Crippen LogP contribution in [-0.4, -0.2) is 24.1 Å². The van der Waals surface area contributed by atoms with E-state index < -0.39 is 0 Å². The predicted molar refractivity (Wildman–Crippen MR) is 337 cm³/mol. The quantitative estimate of drug-likeness (QED) is 0.149. The Kier molecular flexibility index (Phi) is 10.3. The summed E-state index contributed by atoms with van der Waals surface area (Å²) in [6, 6.07) is 86.8. The highest BCUT2D eigenvalue weighted by molar-refractivity contribution is 6.16. The molecule has 0 N–H and O–H groups in total. The first-order valence-corrected chi connectivity index (χ1v) is 28.1. The summed E-state index contributed by atoms with van der Waals surface area (Å²) in [4.78, 5) is 20.2. The normalized spacial score (nSPS) is 13.5. The molecule has 3 aromatic heterocycles. The van der Waals surface area contributed by atoms with Crippen LogP contribution < -0.4 is 0 Å². The van der Waals surface area contributed by atoms with Crippen LogP contribution >= 0.6 is 0 Å². The topological polar surface area (TPSA) is 52.9 Å². The Hall–Kier alpha value is -10.5. The monoisotopic (exact) mass is 1050 g/mol. The third kappa shape index (κ3) is 6.84. The highest BCUT2D eigenvalue weighted by atomic mass is 15.0. The average molecular weight is 1050 g/mol. The summed E-state index contributed by atoms with van der Waals surface area (Å²) in [5.41, 5.74) is 23.4. The Morgan fingerprint density at radius 3 is 1.40 bits per heavy atom. The molecular weight excluding hydrogens is 997 g/mol. The summed E-state index contributed by atoms with van der Waals surface area (Å²) in [6.45, 7) is 17.9. The van der Waals surface area contributed by atoms with Crippen molar-refractivity contribution in [1.29, 1.82) is 0 Å². The van der Waals surface area contributed by atoms with Crippen LogP contribution in [0.25, 0.3) is 139 Å². The molecule has 0 aliphatic heterocycles. The molecule has 0 fully saturated rings. The molecule has 3 heterocycles. The van der Waals surface area contributed by atoms with E-state index in [-0.39, 0.29) is 10.8 Å². The fourth-order valence-corrected chi connectivity index (χ4v) is 14.1. The van der Waals surface area contributed by atoms with Crippen molar-refractivity contribution in [2.75, 3.05) is 0 Å². The molecule has 0 unspecified atom stereocenters. The molecule has 11 aromatic carbocycles. The van der Waals surface area contributed by atoms with Crippen molar-refractivity contribution in [2.24, 2.45) is 0 Å². The van der Waals surface area contributed by atoms with Gasteiger partial charge in [0.25, 0.3) is 0 Å². The minimum absolute atomic E-state index is 0.238. The maximum atomic E-state index is 8.40. The molecule has 0 spiro atoms. The van der Waals surface area contributed by atoms with E-state index in [0.717, 1.165) is 72.4 Å². The number of aromatic nitrogens is 5. The molecule has 0 atom stereocenters. The lowest BCUT2D eigenvalue weighted by molar-refractivity contribution is 0.666. The van der Waals surface area contributed by atoms with Gasteiger partial charge in [-0.15, -0.1) is 0 Å². The molecular formula is C76H52N6. The third-order valence-corrected chi connectivity index (χ3v) is 17.8. The number of nitrogens with zero attached hydrogens (tertiary/aromatic N) is 6. The highest BCUT2D eigenvalue weighted by Crippen LogP contribution is 2.56. The standard InChI is InChI=1S/C76H52N6/c1-75(2)60-31-17-12-27-51(60)53-39-42-66-68(70(53)75)56-29-15-20-34-63(56)81(66)49-37-38-55(74-79-72(46-22-8-6-9-23-46)78-73(80-74)47-24-10-7-11-25-47)58(45-49)59-44-48(50-26-14-19-33-62(50)77-5)36-41-65(59)82-64-35-21-16-30-57(64)69-67(82)43-40-54-52-28-13-18-32-61(52)76(3,4)71(54)69/h6-45H,1-4H3. The van der Waals surface area contributed by atoms with Crippen molar-refractivity contribution >= 4 is 49.3 Å². The van der Waals surface area contributed by atoms with Gasteiger partial charge in [-0.2, -0.15) is 0 Å². The van der Waals surface area contributed by atoms with Gasteiger partial charge in [0.1, 0.15) is 0 Å². The van der Waals surface area contributed by atoms with Crippen LogP contribution in [0.3, 0.4) is 0 Å². The van der Waals surface area contributed by atoms with Crippen molar-refractivity contribution in [1.82, 2.24) is 24.1 Å². The van der Waals surface area contributed by atoms with Crippen LogP contribution in [0.4, 0.5) is 5.69 Å². The zero-order chi connectivity index (χ0) is 55.0. The van der Waals surface area contributed by atoms with Crippen LogP contribution in [0.1, 0.15) is 49.9 Å². The average Bonchev–Trinajstić information content (AvgIpc) is 3.75. The molecule has 2 aliphatic rings. The highest BCUT2D eigenvalue weighted by Gasteiger charge is 2.40. The summed E-state index contributed by atoms with van der Waals surface area (Å²) in [5.74, 6) is 1.71. The molecule has 6 heteroatoms. The molecule has 0 saturated carbocycles. The van der Waals surface area contributed by atoms with Crippen molar-refractivity contribution in [2.45, 2.75) is 38.5 Å². The van der Waals surface area contributed by atoms with Crippen LogP contribution in [0.5, 0.6) is 0 Å². The predicted octanol–water partition coefficient (Wildman–Crippen LogP) is 19.6. The van der Waals surface area contributed by atoms with Crippen LogP contribution in [-0.2, 0) is 10.8 Å². The van der Waals surface area contributed by atoms with E-state index in [1.807, 2.05) is 54.6 Å². The van der Waals surface area contributed by atoms with Gasteiger partial charge >= 0.3 is 0 Å². The van der Waals surface area contributed by atoms with Crippen molar-refractivity contribution in [3.8, 4) is 90.0 Å². The lowest BCUT2D eigenvalue weighted by Crippen LogP contribution is -2.15. The first-order valence-electron chi connectivity index (χ1n) is 28.1. The number of hydrogen-bond donors (Lipinski definition) is 0. The van der Waals surface area contributed by atoms with E-state index >= 15 is 0 Å². The van der Waals surface area contributed by atoms with Gasteiger partial charge in [0.2, 0.25) is 0 Å². The largest absolute Gasteiger partial charge is 0.309 e. The van der Waals surface area contributed by atoms with E-state index in [1.54, 1.807) is 0 Å². The first kappa shape index (κ1) is 47.5. The van der Waals surface area contributed by atoms with Crippen molar-refractivity contribution < 1.29 is 0 Å². The second-order valence-electron chi connectivity index (χ2n) is 22.9. The molecule has 0 radical (unpaired) electrons. The number of hydrogen-bond acceptors (Lipinski definition) is 3. The Morgan fingerprint density at radius 2 is 0.817 bits per heavy atom. The van der Waals surface area contributed by atoms with Gasteiger partial charge in [-0.3, -0.25) is 0 Å². The first-order chi connectivity index (χ1) is 40.2. The molecule has 0 amide bonds. The smallest absolute Gasteiger partial charge is 0.194 e. The number of rotatable bonds is 7. The minimum atomic E-state index is -0.260. The number of benzene rings is 11. The van der Waals surface area contributed by atoms with E-state index in [9.17, 15) is 0 Å². The Morgan fingerprint density at radius 1 is 0.341 bits per heavy atom. The van der Waals surface area contributed by atoms with Gasteiger partial charge in [-0.05, 0) is 116 Å². The lowest BCUT2D eigenvalue weighted by atomic mass is 9.80. The molecule has 0 bridgehead atoms. The molecule has 0 saturated heterocycles. The maximum absolute atomic E-state index is 8.40. The molecule has 14 aromatic rings. The van der Waals surface area contributed by atoms with Gasteiger partial charge in [0, 0.05) is 60.3 Å². The number of para-hydroxylation sites is 3. The van der Waals surface area contributed by atoms with Crippen molar-refractivity contribution in [3.63, 3.8) is 0 Å². The summed E-state index contributed by atoms with van der Waals surface area (Å²) >= 11 is 0. The van der Waals surface area contributed by atoms with Crippen molar-refractivity contribution in [3.05, 3.63) is 276 Å². The van der Waals surface area contributed by atoms with Crippen LogP contribution in [0, 0.1) is 6.57 Å². The maximum Gasteiger partial charge on any atom is 0.194 e. The summed E-state index contributed by atoms with van der Waals surface area (Å²) in [7, 11) is 0. The molecule has 2 aliphatic carbocycles. The van der Waals surface area contributed by atoms with E-state index in [2.05, 4.69) is 230 Å².